The van der Waals surface area contributed by atoms with Crippen LogP contribution in [0.4, 0.5) is 5.69 Å². The Morgan fingerprint density at radius 3 is 2.43 bits per heavy atom. The van der Waals surface area contributed by atoms with Gasteiger partial charge in [-0.3, -0.25) is 4.79 Å². The first-order valence-electron chi connectivity index (χ1n) is 3.98. The van der Waals surface area contributed by atoms with Crippen molar-refractivity contribution in [3.63, 3.8) is 0 Å². The Morgan fingerprint density at radius 2 is 1.93 bits per heavy atom. The minimum atomic E-state index is -0.0789. The van der Waals surface area contributed by atoms with Crippen LogP contribution < -0.4 is 11.1 Å². The summed E-state index contributed by atoms with van der Waals surface area (Å²) < 4.78 is 0. The van der Waals surface area contributed by atoms with Gasteiger partial charge in [-0.2, -0.15) is 0 Å². The lowest BCUT2D eigenvalue weighted by atomic mass is 10.3. The van der Waals surface area contributed by atoms with E-state index in [1.165, 1.54) is 0 Å². The van der Waals surface area contributed by atoms with Crippen molar-refractivity contribution in [1.82, 2.24) is 0 Å². The highest BCUT2D eigenvalue weighted by atomic mass is 35.5. The van der Waals surface area contributed by atoms with Gasteiger partial charge in [0.1, 0.15) is 0 Å². The molecule has 0 atom stereocenters. The van der Waals surface area contributed by atoms with E-state index >= 15 is 0 Å². The van der Waals surface area contributed by atoms with E-state index in [1.54, 1.807) is 24.3 Å². The van der Waals surface area contributed by atoms with E-state index in [4.69, 9.17) is 17.3 Å². The second-order valence-corrected chi connectivity index (χ2v) is 3.03. The van der Waals surface area contributed by atoms with E-state index in [1.807, 2.05) is 0 Å². The second kappa shape index (κ2) is 6.65. The van der Waals surface area contributed by atoms with Crippen LogP contribution in [0.5, 0.6) is 0 Å². The summed E-state index contributed by atoms with van der Waals surface area (Å²) in [5, 5.41) is 3.34. The largest absolute Gasteiger partial charge is 0.330 e. The molecule has 0 bridgehead atoms. The normalized spacial score (nSPS) is 9.00. The maximum Gasteiger partial charge on any atom is 0.225 e. The van der Waals surface area contributed by atoms with E-state index in [0.29, 0.717) is 18.0 Å². The van der Waals surface area contributed by atoms with Gasteiger partial charge >= 0.3 is 0 Å². The third-order valence-corrected chi connectivity index (χ3v) is 1.75. The Labute approximate surface area is 94.0 Å². The van der Waals surface area contributed by atoms with E-state index in [9.17, 15) is 4.79 Å². The van der Waals surface area contributed by atoms with Crippen LogP contribution >= 0.6 is 24.0 Å². The SMILES string of the molecule is Cl.NCCC(=O)Nc1ccc(Cl)cc1. The molecule has 0 aliphatic heterocycles. The van der Waals surface area contributed by atoms with Crippen molar-refractivity contribution in [1.29, 1.82) is 0 Å². The van der Waals surface area contributed by atoms with Crippen LogP contribution in [-0.4, -0.2) is 12.5 Å². The molecule has 1 aromatic carbocycles. The predicted octanol–water partition coefficient (Wildman–Crippen LogP) is 2.05. The van der Waals surface area contributed by atoms with Crippen molar-refractivity contribution in [3.8, 4) is 0 Å². The maximum absolute atomic E-state index is 11.1. The van der Waals surface area contributed by atoms with Gasteiger partial charge < -0.3 is 11.1 Å². The van der Waals surface area contributed by atoms with Gasteiger partial charge in [0, 0.05) is 23.7 Å². The van der Waals surface area contributed by atoms with Crippen LogP contribution in [0.3, 0.4) is 0 Å². The molecule has 1 aromatic rings. The summed E-state index contributed by atoms with van der Waals surface area (Å²) in [6, 6.07) is 6.94. The number of amides is 1. The van der Waals surface area contributed by atoms with Crippen molar-refractivity contribution in [2.45, 2.75) is 6.42 Å². The highest BCUT2D eigenvalue weighted by Crippen LogP contribution is 2.13. The Hall–Kier alpha value is -0.770. The molecule has 3 nitrogen and oxygen atoms in total. The van der Waals surface area contributed by atoms with Crippen molar-refractivity contribution >= 4 is 35.6 Å². The molecule has 0 spiro atoms. The minimum absolute atomic E-state index is 0. The molecule has 0 fully saturated rings. The molecular weight excluding hydrogens is 223 g/mol. The summed E-state index contributed by atoms with van der Waals surface area (Å²) in [7, 11) is 0. The van der Waals surface area contributed by atoms with Gasteiger partial charge in [-0.05, 0) is 24.3 Å². The fourth-order valence-corrected chi connectivity index (χ4v) is 1.01. The summed E-state index contributed by atoms with van der Waals surface area (Å²) in [5.41, 5.74) is 5.96. The van der Waals surface area contributed by atoms with Gasteiger partial charge in [0.15, 0.2) is 0 Å². The van der Waals surface area contributed by atoms with E-state index in [-0.39, 0.29) is 18.3 Å². The highest BCUT2D eigenvalue weighted by molar-refractivity contribution is 6.30. The van der Waals surface area contributed by atoms with Crippen molar-refractivity contribution in [3.05, 3.63) is 29.3 Å². The maximum atomic E-state index is 11.1. The topological polar surface area (TPSA) is 55.1 Å². The smallest absolute Gasteiger partial charge is 0.225 e. The van der Waals surface area contributed by atoms with Crippen molar-refractivity contribution < 1.29 is 4.79 Å². The molecule has 0 unspecified atom stereocenters. The number of benzene rings is 1. The van der Waals surface area contributed by atoms with E-state index < -0.39 is 0 Å². The van der Waals surface area contributed by atoms with E-state index in [0.717, 1.165) is 5.69 Å². The van der Waals surface area contributed by atoms with Crippen molar-refractivity contribution in [2.24, 2.45) is 5.73 Å². The molecule has 0 saturated heterocycles. The zero-order valence-corrected chi connectivity index (χ0v) is 9.07. The Balaban J connectivity index is 0.00000169. The number of carbonyl (C=O) groups excluding carboxylic acids is 1. The van der Waals surface area contributed by atoms with Crippen LogP contribution in [0.2, 0.25) is 5.02 Å². The monoisotopic (exact) mass is 234 g/mol. The van der Waals surface area contributed by atoms with Crippen LogP contribution in [0.1, 0.15) is 6.42 Å². The number of anilines is 1. The fourth-order valence-electron chi connectivity index (χ4n) is 0.888. The van der Waals surface area contributed by atoms with Gasteiger partial charge in [0.2, 0.25) is 5.91 Å². The molecule has 0 aliphatic carbocycles. The molecule has 0 heterocycles. The first-order valence-corrected chi connectivity index (χ1v) is 4.35. The number of halogens is 2. The van der Waals surface area contributed by atoms with Gasteiger partial charge in [-0.1, -0.05) is 11.6 Å². The first-order chi connectivity index (χ1) is 6.22. The Morgan fingerprint density at radius 1 is 1.36 bits per heavy atom. The molecule has 5 heteroatoms. The molecule has 1 rings (SSSR count). The van der Waals surface area contributed by atoms with Crippen LogP contribution in [0.25, 0.3) is 0 Å². The average molecular weight is 235 g/mol. The molecule has 14 heavy (non-hydrogen) atoms. The summed E-state index contributed by atoms with van der Waals surface area (Å²) >= 11 is 5.68. The second-order valence-electron chi connectivity index (χ2n) is 2.59. The summed E-state index contributed by atoms with van der Waals surface area (Å²) in [4.78, 5) is 11.1. The van der Waals surface area contributed by atoms with Gasteiger partial charge in [-0.25, -0.2) is 0 Å². The molecule has 0 aromatic heterocycles. The standard InChI is InChI=1S/C9H11ClN2O.ClH/c10-7-1-3-8(4-2-7)12-9(13)5-6-11;/h1-4H,5-6,11H2,(H,12,13);1H. The third kappa shape index (κ3) is 4.46. The number of nitrogens with two attached hydrogens (primary N) is 1. The number of rotatable bonds is 3. The Bertz CT molecular complexity index is 287. The molecule has 1 amide bonds. The molecule has 0 saturated carbocycles. The number of hydrogen-bond acceptors (Lipinski definition) is 2. The fraction of sp³-hybridized carbons (Fsp3) is 0.222. The lowest BCUT2D eigenvalue weighted by Gasteiger charge is -2.03. The molecule has 78 valence electrons. The van der Waals surface area contributed by atoms with Crippen LogP contribution in [0, 0.1) is 0 Å². The van der Waals surface area contributed by atoms with E-state index in [2.05, 4.69) is 5.32 Å². The average Bonchev–Trinajstić information content (AvgIpc) is 2.09. The quantitative estimate of drug-likeness (QED) is 0.842. The van der Waals surface area contributed by atoms with Gasteiger partial charge in [0.05, 0.1) is 0 Å². The number of hydrogen-bond donors (Lipinski definition) is 2. The first kappa shape index (κ1) is 13.2. The Kier molecular flexibility index (Phi) is 6.28. The molecule has 0 aliphatic rings. The zero-order valence-electron chi connectivity index (χ0n) is 7.50. The van der Waals surface area contributed by atoms with Crippen LogP contribution in [-0.2, 0) is 4.79 Å². The summed E-state index contributed by atoms with van der Waals surface area (Å²) in [6.07, 6.45) is 0.336. The lowest BCUT2D eigenvalue weighted by molar-refractivity contribution is -0.116. The molecule has 0 radical (unpaired) electrons. The van der Waals surface area contributed by atoms with Gasteiger partial charge in [-0.15, -0.1) is 12.4 Å². The third-order valence-electron chi connectivity index (χ3n) is 1.50. The minimum Gasteiger partial charge on any atom is -0.330 e. The lowest BCUT2D eigenvalue weighted by Crippen LogP contribution is -2.15. The van der Waals surface area contributed by atoms with Crippen molar-refractivity contribution in [2.75, 3.05) is 11.9 Å². The summed E-state index contributed by atoms with van der Waals surface area (Å²) in [6.45, 7) is 0.361. The zero-order chi connectivity index (χ0) is 9.68. The molecular formula is C9H12Cl2N2O. The van der Waals surface area contributed by atoms with Crippen LogP contribution in [0.15, 0.2) is 24.3 Å². The van der Waals surface area contributed by atoms with Gasteiger partial charge in [0.25, 0.3) is 0 Å². The number of nitrogens with one attached hydrogen (secondary N) is 1. The molecule has 3 N–H and O–H groups in total. The highest BCUT2D eigenvalue weighted by Gasteiger charge is 1.99. The predicted molar refractivity (Wildman–Crippen MR) is 61.0 cm³/mol. The number of carbonyl (C=O) groups is 1. The summed E-state index contributed by atoms with van der Waals surface area (Å²) in [5.74, 6) is -0.0789.